The number of hydrogen-bond acceptors (Lipinski definition) is 4. The van der Waals surface area contributed by atoms with E-state index in [9.17, 15) is 8.42 Å². The molecule has 7 heteroatoms. The lowest BCUT2D eigenvalue weighted by molar-refractivity contribution is 0.238. The van der Waals surface area contributed by atoms with Crippen LogP contribution in [0.2, 0.25) is 0 Å². The Bertz CT molecular complexity index is 489. The van der Waals surface area contributed by atoms with Crippen LogP contribution >= 0.6 is 0 Å². The van der Waals surface area contributed by atoms with E-state index in [4.69, 9.17) is 0 Å². The third-order valence-corrected chi connectivity index (χ3v) is 5.11. The Morgan fingerprint density at radius 2 is 2.17 bits per heavy atom. The molecule has 0 bridgehead atoms. The maximum Gasteiger partial charge on any atom is 0.282 e. The molecule has 0 spiro atoms. The minimum Gasteiger partial charge on any atom is -0.245 e. The Morgan fingerprint density at radius 3 is 2.78 bits per heavy atom. The van der Waals surface area contributed by atoms with Gasteiger partial charge in [-0.3, -0.25) is 0 Å². The van der Waals surface area contributed by atoms with Crippen molar-refractivity contribution in [2.45, 2.75) is 25.3 Å². The lowest BCUT2D eigenvalue weighted by Gasteiger charge is -2.35. The van der Waals surface area contributed by atoms with Gasteiger partial charge in [-0.2, -0.15) is 17.0 Å². The second-order valence-corrected chi connectivity index (χ2v) is 6.64. The highest BCUT2D eigenvalue weighted by atomic mass is 32.2. The van der Waals surface area contributed by atoms with Gasteiger partial charge in [0.05, 0.1) is 11.7 Å². The van der Waals surface area contributed by atoms with Gasteiger partial charge in [0, 0.05) is 26.8 Å². The maximum atomic E-state index is 12.3. The zero-order valence-electron chi connectivity index (χ0n) is 10.7. The highest BCUT2D eigenvalue weighted by Crippen LogP contribution is 2.32. The van der Waals surface area contributed by atoms with E-state index in [1.165, 1.54) is 10.6 Å². The van der Waals surface area contributed by atoms with Gasteiger partial charge in [0.15, 0.2) is 0 Å². The molecule has 1 saturated heterocycles. The van der Waals surface area contributed by atoms with E-state index in [0.29, 0.717) is 6.54 Å². The number of rotatable bonds is 3. The first-order chi connectivity index (χ1) is 8.53. The quantitative estimate of drug-likeness (QED) is 0.815. The van der Waals surface area contributed by atoms with Crippen molar-refractivity contribution in [2.24, 2.45) is 0 Å². The molecule has 1 aliphatic heterocycles. The summed E-state index contributed by atoms with van der Waals surface area (Å²) in [5.74, 6) is 0. The molecule has 1 fully saturated rings. The molecule has 0 unspecified atom stereocenters. The second-order valence-electron chi connectivity index (χ2n) is 4.55. The van der Waals surface area contributed by atoms with Crippen LogP contribution in [0.15, 0.2) is 18.6 Å². The van der Waals surface area contributed by atoms with E-state index >= 15 is 0 Å². The molecule has 0 N–H and O–H groups in total. The summed E-state index contributed by atoms with van der Waals surface area (Å²) in [7, 11) is -0.278. The van der Waals surface area contributed by atoms with E-state index in [1.807, 2.05) is 0 Å². The summed E-state index contributed by atoms with van der Waals surface area (Å²) in [4.78, 5) is 8.06. The molecule has 0 amide bonds. The van der Waals surface area contributed by atoms with Gasteiger partial charge in [-0.25, -0.2) is 9.97 Å². The molecule has 6 nitrogen and oxygen atoms in total. The third-order valence-electron chi connectivity index (χ3n) is 3.16. The number of piperidine rings is 1. The average Bonchev–Trinajstić information content (AvgIpc) is 2.39. The van der Waals surface area contributed by atoms with E-state index in [-0.39, 0.29) is 6.04 Å². The molecule has 0 saturated carbocycles. The molecular weight excluding hydrogens is 252 g/mol. The smallest absolute Gasteiger partial charge is 0.245 e. The first-order valence-corrected chi connectivity index (χ1v) is 7.38. The minimum atomic E-state index is -3.39. The molecule has 0 aliphatic carbocycles. The van der Waals surface area contributed by atoms with Gasteiger partial charge in [0.25, 0.3) is 10.2 Å². The Morgan fingerprint density at radius 1 is 1.39 bits per heavy atom. The van der Waals surface area contributed by atoms with E-state index < -0.39 is 10.2 Å². The average molecular weight is 270 g/mol. The van der Waals surface area contributed by atoms with Crippen molar-refractivity contribution in [3.8, 4) is 0 Å². The second kappa shape index (κ2) is 5.29. The van der Waals surface area contributed by atoms with Gasteiger partial charge in [0.1, 0.15) is 6.33 Å². The van der Waals surface area contributed by atoms with Crippen LogP contribution in [-0.4, -0.2) is 47.6 Å². The fourth-order valence-corrected chi connectivity index (χ4v) is 3.50. The molecule has 2 rings (SSSR count). The molecule has 1 aromatic rings. The van der Waals surface area contributed by atoms with Gasteiger partial charge < -0.3 is 0 Å². The zero-order valence-corrected chi connectivity index (χ0v) is 11.5. The topological polar surface area (TPSA) is 66.4 Å². The normalized spacial score (nSPS) is 22.3. The van der Waals surface area contributed by atoms with Crippen LogP contribution in [0, 0.1) is 0 Å². The van der Waals surface area contributed by atoms with Crippen molar-refractivity contribution in [3.63, 3.8) is 0 Å². The monoisotopic (exact) mass is 270 g/mol. The van der Waals surface area contributed by atoms with Crippen LogP contribution in [0.3, 0.4) is 0 Å². The molecule has 0 aromatic carbocycles. The molecular formula is C11H18N4O2S. The summed E-state index contributed by atoms with van der Waals surface area (Å²) in [6.07, 6.45) is 5.84. The van der Waals surface area contributed by atoms with E-state index in [0.717, 1.165) is 25.0 Å². The molecule has 1 aromatic heterocycles. The lowest BCUT2D eigenvalue weighted by atomic mass is 10.0. The van der Waals surface area contributed by atoms with Crippen molar-refractivity contribution in [3.05, 3.63) is 24.3 Å². The van der Waals surface area contributed by atoms with Crippen LogP contribution in [0.1, 0.15) is 31.0 Å². The summed E-state index contributed by atoms with van der Waals surface area (Å²) in [5, 5.41) is 0. The molecule has 1 aliphatic rings. The summed E-state index contributed by atoms with van der Waals surface area (Å²) < 4.78 is 27.4. The Balaban J connectivity index is 2.33. The van der Waals surface area contributed by atoms with E-state index in [1.54, 1.807) is 30.7 Å². The maximum absolute atomic E-state index is 12.3. The Labute approximate surface area is 108 Å². The van der Waals surface area contributed by atoms with Gasteiger partial charge in [-0.15, -0.1) is 0 Å². The Hall–Kier alpha value is -1.05. The third kappa shape index (κ3) is 2.52. The number of aromatic nitrogens is 2. The standard InChI is InChI=1S/C11H18N4O2S/c1-14(2)18(16,17)15-8-4-3-5-11(15)10-6-7-12-9-13-10/h6-7,9,11H,3-5,8H2,1-2H3/t11-/m1/s1. The SMILES string of the molecule is CN(C)S(=O)(=O)N1CCCC[C@@H]1c1ccncn1. The summed E-state index contributed by atoms with van der Waals surface area (Å²) >= 11 is 0. The van der Waals surface area contributed by atoms with E-state index in [2.05, 4.69) is 9.97 Å². The van der Waals surface area contributed by atoms with Crippen molar-refractivity contribution in [2.75, 3.05) is 20.6 Å². The molecule has 100 valence electrons. The summed E-state index contributed by atoms with van der Waals surface area (Å²) in [5.41, 5.74) is 0.773. The first-order valence-electron chi connectivity index (χ1n) is 5.98. The fourth-order valence-electron chi connectivity index (χ4n) is 2.18. The minimum absolute atomic E-state index is 0.172. The molecule has 0 radical (unpaired) electrons. The van der Waals surface area contributed by atoms with Crippen molar-refractivity contribution >= 4 is 10.2 Å². The summed E-state index contributed by atoms with van der Waals surface area (Å²) in [6.45, 7) is 0.551. The van der Waals surface area contributed by atoms with Crippen LogP contribution in [0.25, 0.3) is 0 Å². The number of nitrogens with zero attached hydrogens (tertiary/aromatic N) is 4. The zero-order chi connectivity index (χ0) is 13.2. The predicted molar refractivity (Wildman–Crippen MR) is 67.9 cm³/mol. The highest BCUT2D eigenvalue weighted by Gasteiger charge is 2.35. The first kappa shape index (κ1) is 13.4. The predicted octanol–water partition coefficient (Wildman–Crippen LogP) is 0.810. The van der Waals surface area contributed by atoms with Crippen LogP contribution in [-0.2, 0) is 10.2 Å². The van der Waals surface area contributed by atoms with Crippen molar-refractivity contribution in [1.82, 2.24) is 18.6 Å². The van der Waals surface area contributed by atoms with Gasteiger partial charge in [-0.05, 0) is 18.9 Å². The van der Waals surface area contributed by atoms with Crippen LogP contribution in [0.4, 0.5) is 0 Å². The van der Waals surface area contributed by atoms with Gasteiger partial charge in [0.2, 0.25) is 0 Å². The van der Waals surface area contributed by atoms with Crippen molar-refractivity contribution in [1.29, 1.82) is 0 Å². The highest BCUT2D eigenvalue weighted by molar-refractivity contribution is 7.86. The molecule has 1 atom stereocenters. The Kier molecular flexibility index (Phi) is 3.94. The van der Waals surface area contributed by atoms with Gasteiger partial charge in [-0.1, -0.05) is 6.42 Å². The molecule has 2 heterocycles. The molecule has 18 heavy (non-hydrogen) atoms. The fraction of sp³-hybridized carbons (Fsp3) is 0.636. The number of hydrogen-bond donors (Lipinski definition) is 0. The van der Waals surface area contributed by atoms with Crippen LogP contribution < -0.4 is 0 Å². The lowest BCUT2D eigenvalue weighted by Crippen LogP contribution is -2.44. The van der Waals surface area contributed by atoms with Crippen molar-refractivity contribution < 1.29 is 8.42 Å². The summed E-state index contributed by atoms with van der Waals surface area (Å²) in [6, 6.07) is 1.61. The largest absolute Gasteiger partial charge is 0.282 e. The van der Waals surface area contributed by atoms with Gasteiger partial charge >= 0.3 is 0 Å². The van der Waals surface area contributed by atoms with Crippen LogP contribution in [0.5, 0.6) is 0 Å².